The molecule has 30 heavy (non-hydrogen) atoms. The lowest BCUT2D eigenvalue weighted by Gasteiger charge is -2.19. The van der Waals surface area contributed by atoms with Crippen LogP contribution in [0.1, 0.15) is 18.2 Å². The molecular weight excluding hydrogens is 422 g/mol. The van der Waals surface area contributed by atoms with Gasteiger partial charge in [-0.15, -0.1) is 0 Å². The molecule has 1 fully saturated rings. The number of benzene rings is 1. The normalized spacial score (nSPS) is 22.0. The van der Waals surface area contributed by atoms with Crippen LogP contribution in [0.2, 0.25) is 24.9 Å². The summed E-state index contributed by atoms with van der Waals surface area (Å²) in [6, 6.07) is 6.43. The van der Waals surface area contributed by atoms with Gasteiger partial charge < -0.3 is 20.3 Å². The largest absolute Gasteiger partial charge is 0.394 e. The molecule has 1 aliphatic heterocycles. The van der Waals surface area contributed by atoms with Gasteiger partial charge >= 0.3 is 0 Å². The average molecular weight is 448 g/mol. The fourth-order valence-corrected chi connectivity index (χ4v) is 5.03. The van der Waals surface area contributed by atoms with Gasteiger partial charge in [-0.2, -0.15) is 9.97 Å². The molecule has 0 bridgehead atoms. The van der Waals surface area contributed by atoms with Gasteiger partial charge in [0.25, 0.3) is 0 Å². The second-order valence-electron chi connectivity index (χ2n) is 8.68. The van der Waals surface area contributed by atoms with Crippen molar-refractivity contribution >= 4 is 47.5 Å². The number of hydrogen-bond acceptors (Lipinski definition) is 7. The molecule has 3 heterocycles. The first-order chi connectivity index (χ1) is 14.2. The number of halogens is 1. The predicted molar refractivity (Wildman–Crippen MR) is 119 cm³/mol. The molecule has 0 radical (unpaired) electrons. The maximum absolute atomic E-state index is 10.1. The molecule has 160 valence electrons. The highest BCUT2D eigenvalue weighted by Crippen LogP contribution is 2.33. The number of aromatic nitrogens is 4. The quantitative estimate of drug-likeness (QED) is 0.408. The Morgan fingerprint density at radius 1 is 1.30 bits per heavy atom. The Labute approximate surface area is 180 Å². The SMILES string of the molecule is Cc1cc([Si](C)(C)C)ccc1Nc1nc(Cl)nc2c1ncn2[C@H]1C[C@H](O)[C@@H](CO)O1. The summed E-state index contributed by atoms with van der Waals surface area (Å²) < 4.78 is 7.46. The molecule has 0 saturated carbocycles. The van der Waals surface area contributed by atoms with E-state index in [0.29, 0.717) is 23.4 Å². The Balaban J connectivity index is 1.69. The maximum Gasteiger partial charge on any atom is 0.226 e. The van der Waals surface area contributed by atoms with Crippen molar-refractivity contribution in [3.8, 4) is 0 Å². The van der Waals surface area contributed by atoms with E-state index in [1.54, 1.807) is 10.9 Å². The predicted octanol–water partition coefficient (Wildman–Crippen LogP) is 2.72. The van der Waals surface area contributed by atoms with Gasteiger partial charge in [-0.05, 0) is 30.2 Å². The van der Waals surface area contributed by atoms with Crippen LogP contribution in [0.15, 0.2) is 24.5 Å². The zero-order valence-electron chi connectivity index (χ0n) is 17.4. The first kappa shape index (κ1) is 21.2. The molecule has 2 aromatic heterocycles. The zero-order chi connectivity index (χ0) is 21.6. The summed E-state index contributed by atoms with van der Waals surface area (Å²) in [5.74, 6) is 0.504. The van der Waals surface area contributed by atoms with Crippen LogP contribution in [0.5, 0.6) is 0 Å². The first-order valence-electron chi connectivity index (χ1n) is 9.90. The number of rotatable bonds is 5. The van der Waals surface area contributed by atoms with Crippen molar-refractivity contribution < 1.29 is 14.9 Å². The molecule has 4 rings (SSSR count). The summed E-state index contributed by atoms with van der Waals surface area (Å²) in [6.45, 7) is 8.77. The first-order valence-corrected chi connectivity index (χ1v) is 13.8. The van der Waals surface area contributed by atoms with Crippen LogP contribution in [0.4, 0.5) is 11.5 Å². The minimum absolute atomic E-state index is 0.0837. The van der Waals surface area contributed by atoms with Gasteiger partial charge in [-0.25, -0.2) is 4.98 Å². The summed E-state index contributed by atoms with van der Waals surface area (Å²) in [7, 11) is -1.40. The van der Waals surface area contributed by atoms with Crippen molar-refractivity contribution in [3.63, 3.8) is 0 Å². The van der Waals surface area contributed by atoms with Crippen molar-refractivity contribution in [1.82, 2.24) is 19.5 Å². The Morgan fingerprint density at radius 2 is 2.07 bits per heavy atom. The van der Waals surface area contributed by atoms with E-state index in [0.717, 1.165) is 11.3 Å². The lowest BCUT2D eigenvalue weighted by Crippen LogP contribution is -2.37. The third-order valence-corrected chi connectivity index (χ3v) is 7.65. The van der Waals surface area contributed by atoms with Crippen LogP contribution in [-0.4, -0.2) is 56.6 Å². The minimum Gasteiger partial charge on any atom is -0.394 e. The highest BCUT2D eigenvalue weighted by molar-refractivity contribution is 6.88. The monoisotopic (exact) mass is 447 g/mol. The van der Waals surface area contributed by atoms with Crippen molar-refractivity contribution in [2.75, 3.05) is 11.9 Å². The van der Waals surface area contributed by atoms with E-state index < -0.39 is 26.5 Å². The number of aliphatic hydroxyl groups excluding tert-OH is 2. The van der Waals surface area contributed by atoms with Gasteiger partial charge in [0.2, 0.25) is 5.28 Å². The highest BCUT2D eigenvalue weighted by atomic mass is 35.5. The molecular formula is C20H26ClN5O3Si. The summed E-state index contributed by atoms with van der Waals surface area (Å²) in [5.41, 5.74) is 3.10. The van der Waals surface area contributed by atoms with Crippen LogP contribution >= 0.6 is 11.6 Å². The maximum atomic E-state index is 10.1. The van der Waals surface area contributed by atoms with Crippen LogP contribution in [0, 0.1) is 6.92 Å². The fraction of sp³-hybridized carbons (Fsp3) is 0.450. The number of nitrogens with one attached hydrogen (secondary N) is 1. The molecule has 0 aliphatic carbocycles. The molecule has 1 aliphatic rings. The van der Waals surface area contributed by atoms with E-state index >= 15 is 0 Å². The van der Waals surface area contributed by atoms with E-state index in [2.05, 4.69) is 65.0 Å². The number of imidazole rings is 1. The Morgan fingerprint density at radius 3 is 2.70 bits per heavy atom. The third kappa shape index (κ3) is 3.95. The topological polar surface area (TPSA) is 105 Å². The summed E-state index contributed by atoms with van der Waals surface area (Å²) in [4.78, 5) is 13.1. The van der Waals surface area contributed by atoms with Crippen LogP contribution in [0.25, 0.3) is 11.2 Å². The van der Waals surface area contributed by atoms with Gasteiger partial charge in [-0.1, -0.05) is 37.0 Å². The number of aryl methyl sites for hydroxylation is 1. The van der Waals surface area contributed by atoms with Crippen molar-refractivity contribution in [2.24, 2.45) is 0 Å². The zero-order valence-corrected chi connectivity index (χ0v) is 19.2. The summed E-state index contributed by atoms with van der Waals surface area (Å²) in [5, 5.41) is 24.2. The number of aliphatic hydroxyl groups is 2. The fourth-order valence-electron chi connectivity index (χ4n) is 3.64. The van der Waals surface area contributed by atoms with Crippen LogP contribution in [0.3, 0.4) is 0 Å². The second-order valence-corrected chi connectivity index (χ2v) is 14.1. The number of anilines is 2. The average Bonchev–Trinajstić information content (AvgIpc) is 3.25. The Kier molecular flexibility index (Phi) is 5.58. The van der Waals surface area contributed by atoms with Crippen molar-refractivity contribution in [3.05, 3.63) is 35.4 Å². The van der Waals surface area contributed by atoms with Gasteiger partial charge in [0.15, 0.2) is 17.0 Å². The Bertz CT molecular complexity index is 1080. The van der Waals surface area contributed by atoms with E-state index in [9.17, 15) is 10.2 Å². The van der Waals surface area contributed by atoms with Crippen molar-refractivity contribution in [1.29, 1.82) is 0 Å². The molecule has 1 saturated heterocycles. The molecule has 3 N–H and O–H groups in total. The highest BCUT2D eigenvalue weighted by Gasteiger charge is 2.35. The van der Waals surface area contributed by atoms with Gasteiger partial charge in [0, 0.05) is 12.1 Å². The lowest BCUT2D eigenvalue weighted by molar-refractivity contribution is -0.0432. The minimum atomic E-state index is -1.40. The molecule has 8 nitrogen and oxygen atoms in total. The molecule has 0 amide bonds. The third-order valence-electron chi connectivity index (χ3n) is 5.43. The van der Waals surface area contributed by atoms with Crippen LogP contribution < -0.4 is 10.5 Å². The number of fused-ring (bicyclic) bond motifs is 1. The lowest BCUT2D eigenvalue weighted by atomic mass is 10.2. The second kappa shape index (κ2) is 7.90. The molecule has 10 heteroatoms. The molecule has 3 aromatic rings. The molecule has 0 spiro atoms. The van der Waals surface area contributed by atoms with Gasteiger partial charge in [0.1, 0.15) is 12.3 Å². The van der Waals surface area contributed by atoms with Crippen LogP contribution in [-0.2, 0) is 4.74 Å². The van der Waals surface area contributed by atoms with Crippen molar-refractivity contribution in [2.45, 2.75) is 51.4 Å². The summed E-state index contributed by atoms with van der Waals surface area (Å²) >= 11 is 6.21. The van der Waals surface area contributed by atoms with E-state index in [4.69, 9.17) is 16.3 Å². The Hall–Kier alpha value is -2.04. The summed E-state index contributed by atoms with van der Waals surface area (Å²) in [6.07, 6.45) is 0.0609. The standard InChI is InChI=1S/C20H26ClN5O3Si/c1-11-7-12(30(2,3)4)5-6-13(11)23-18-17-19(25-20(21)24-18)26(10-22-17)16-8-14(28)15(9-27)29-16/h5-7,10,14-16,27-28H,8-9H2,1-4H3,(H,23,24,25)/t14-,15+,16+/m0/s1. The molecule has 0 unspecified atom stereocenters. The molecule has 1 aromatic carbocycles. The van der Waals surface area contributed by atoms with Gasteiger partial charge in [-0.3, -0.25) is 4.57 Å². The van der Waals surface area contributed by atoms with E-state index in [1.807, 2.05) is 0 Å². The van der Waals surface area contributed by atoms with E-state index in [-0.39, 0.29) is 11.9 Å². The molecule has 3 atom stereocenters. The number of ether oxygens (including phenoxy) is 1. The van der Waals surface area contributed by atoms with Gasteiger partial charge in [0.05, 0.1) is 27.1 Å². The number of nitrogens with zero attached hydrogens (tertiary/aromatic N) is 4. The smallest absolute Gasteiger partial charge is 0.226 e. The number of hydrogen-bond donors (Lipinski definition) is 3. The van der Waals surface area contributed by atoms with E-state index in [1.165, 1.54) is 5.19 Å².